The zero-order chi connectivity index (χ0) is 21.8. The van der Waals surface area contributed by atoms with Gasteiger partial charge in [0.2, 0.25) is 0 Å². The Morgan fingerprint density at radius 2 is 1.71 bits per heavy atom. The van der Waals surface area contributed by atoms with Gasteiger partial charge >= 0.3 is 5.24 Å². The third-order valence-corrected chi connectivity index (χ3v) is 5.14. The first-order chi connectivity index (χ1) is 15.0. The summed E-state index contributed by atoms with van der Waals surface area (Å²) < 4.78 is 35.2. The number of aliphatic hydroxyl groups excluding tert-OH is 1. The molecule has 0 saturated carbocycles. The Kier molecular flexibility index (Phi) is 7.16. The van der Waals surface area contributed by atoms with E-state index in [2.05, 4.69) is 0 Å². The van der Waals surface area contributed by atoms with E-state index in [0.29, 0.717) is 5.75 Å². The van der Waals surface area contributed by atoms with Gasteiger partial charge < -0.3 is 33.5 Å². The van der Waals surface area contributed by atoms with Crippen molar-refractivity contribution in [1.29, 1.82) is 0 Å². The number of ether oxygens (including phenoxy) is 6. The topological polar surface area (TPSA) is 75.6 Å². The van der Waals surface area contributed by atoms with Crippen LogP contribution in [0.1, 0.15) is 25.7 Å². The van der Waals surface area contributed by atoms with Gasteiger partial charge in [-0.2, -0.15) is 0 Å². The first kappa shape index (κ1) is 22.1. The highest BCUT2D eigenvalue weighted by atomic mass is 32.1. The molecule has 0 bridgehead atoms. The van der Waals surface area contributed by atoms with Crippen molar-refractivity contribution >= 4 is 17.5 Å². The highest BCUT2D eigenvalue weighted by Crippen LogP contribution is 2.36. The Labute approximate surface area is 186 Å². The molecule has 6 atom stereocenters. The van der Waals surface area contributed by atoms with Gasteiger partial charge in [0.15, 0.2) is 18.7 Å². The molecular formula is C23H26O7S. The number of hydrogen-bond donors (Lipinski definition) is 1. The van der Waals surface area contributed by atoms with E-state index in [9.17, 15) is 5.11 Å². The summed E-state index contributed by atoms with van der Waals surface area (Å²) in [6.07, 6.45) is -4.84. The van der Waals surface area contributed by atoms with Crippen molar-refractivity contribution in [3.8, 4) is 5.75 Å². The number of rotatable bonds is 5. The van der Waals surface area contributed by atoms with Gasteiger partial charge in [0.25, 0.3) is 0 Å². The molecule has 7 nitrogen and oxygen atoms in total. The number of benzene rings is 2. The second-order valence-corrected chi connectivity index (χ2v) is 7.98. The molecule has 0 radical (unpaired) electrons. The minimum absolute atomic E-state index is 0.120. The predicted molar refractivity (Wildman–Crippen MR) is 115 cm³/mol. The van der Waals surface area contributed by atoms with Crippen LogP contribution in [0.15, 0.2) is 60.7 Å². The smallest absolute Gasteiger partial charge is 0.358 e. The highest BCUT2D eigenvalue weighted by Gasteiger charge is 2.52. The van der Waals surface area contributed by atoms with Crippen molar-refractivity contribution < 1.29 is 33.5 Å². The Morgan fingerprint density at radius 3 is 2.39 bits per heavy atom. The van der Waals surface area contributed by atoms with E-state index in [1.807, 2.05) is 62.4 Å². The summed E-state index contributed by atoms with van der Waals surface area (Å²) in [6.45, 7) is 3.97. The largest absolute Gasteiger partial charge is 0.447 e. The maximum atomic E-state index is 11.0. The summed E-state index contributed by atoms with van der Waals surface area (Å²) in [7, 11) is 0. The Morgan fingerprint density at radius 1 is 1.03 bits per heavy atom. The Balaban J connectivity index is 1.52. The molecule has 1 N–H and O–H groups in total. The summed E-state index contributed by atoms with van der Waals surface area (Å²) in [5, 5.41) is 10.9. The highest BCUT2D eigenvalue weighted by molar-refractivity contribution is 7.79. The molecule has 8 heteroatoms. The van der Waals surface area contributed by atoms with Crippen molar-refractivity contribution in [1.82, 2.24) is 0 Å². The lowest BCUT2D eigenvalue weighted by Gasteiger charge is -2.47. The average Bonchev–Trinajstić information content (AvgIpc) is 2.77. The van der Waals surface area contributed by atoms with Crippen LogP contribution in [0.2, 0.25) is 0 Å². The van der Waals surface area contributed by atoms with Crippen LogP contribution in [0.25, 0.3) is 0 Å². The summed E-state index contributed by atoms with van der Waals surface area (Å²) in [6, 6.07) is 18.6. The van der Waals surface area contributed by atoms with Gasteiger partial charge in [-0.15, -0.1) is 0 Å². The summed E-state index contributed by atoms with van der Waals surface area (Å²) in [5.74, 6) is 0.538. The van der Waals surface area contributed by atoms with Crippen molar-refractivity contribution in [3.05, 3.63) is 66.2 Å². The molecule has 166 valence electrons. The summed E-state index contributed by atoms with van der Waals surface area (Å²) in [5.41, 5.74) is 0.859. The predicted octanol–water partition coefficient (Wildman–Crippen LogP) is 3.36. The zero-order valence-corrected chi connectivity index (χ0v) is 18.1. The molecule has 0 aliphatic carbocycles. The summed E-state index contributed by atoms with van der Waals surface area (Å²) in [4.78, 5) is 0. The standard InChI is InChI=1S/C23H26O7S/c1-14(2)26-22-18(24)20(30-23(31)27-16-11-7-4-8-12-16)19-17(28-22)13-25-21(29-19)15-9-5-3-6-10-15/h3-12,14,17-22,24H,13H2,1-2H3/t17-,18-,19-,20-,21-,22+/m1/s1. The van der Waals surface area contributed by atoms with E-state index in [1.54, 1.807) is 12.1 Å². The van der Waals surface area contributed by atoms with E-state index in [-0.39, 0.29) is 17.9 Å². The molecule has 2 aromatic rings. The Hall–Kier alpha value is -2.07. The zero-order valence-electron chi connectivity index (χ0n) is 17.3. The second kappa shape index (κ2) is 10.0. The van der Waals surface area contributed by atoms with E-state index in [4.69, 9.17) is 40.6 Å². The molecular weight excluding hydrogens is 420 g/mol. The first-order valence-corrected chi connectivity index (χ1v) is 10.7. The van der Waals surface area contributed by atoms with Gasteiger partial charge in [0.1, 0.15) is 24.1 Å². The molecule has 2 aromatic carbocycles. The van der Waals surface area contributed by atoms with Gasteiger partial charge in [0, 0.05) is 17.8 Å². The molecule has 0 aromatic heterocycles. The van der Waals surface area contributed by atoms with E-state index in [0.717, 1.165) is 5.56 Å². The minimum atomic E-state index is -1.14. The number of fused-ring (bicyclic) bond motifs is 1. The summed E-state index contributed by atoms with van der Waals surface area (Å²) >= 11 is 5.29. The van der Waals surface area contributed by atoms with Crippen molar-refractivity contribution in [2.24, 2.45) is 0 Å². The lowest BCUT2D eigenvalue weighted by atomic mass is 9.97. The third-order valence-electron chi connectivity index (χ3n) is 4.96. The molecule has 2 aliphatic heterocycles. The molecule has 0 amide bonds. The van der Waals surface area contributed by atoms with E-state index < -0.39 is 37.0 Å². The Bertz CT molecular complexity index is 848. The van der Waals surface area contributed by atoms with Crippen LogP contribution in [0.3, 0.4) is 0 Å². The quantitative estimate of drug-likeness (QED) is 0.701. The molecule has 2 heterocycles. The van der Waals surface area contributed by atoms with Crippen LogP contribution in [0, 0.1) is 0 Å². The molecule has 0 spiro atoms. The van der Waals surface area contributed by atoms with Crippen LogP contribution in [-0.2, 0) is 23.7 Å². The van der Waals surface area contributed by atoms with Crippen molar-refractivity contribution in [3.63, 3.8) is 0 Å². The van der Waals surface area contributed by atoms with Crippen molar-refractivity contribution in [2.75, 3.05) is 6.61 Å². The van der Waals surface area contributed by atoms with Crippen LogP contribution < -0.4 is 4.74 Å². The van der Waals surface area contributed by atoms with Gasteiger partial charge in [0.05, 0.1) is 12.7 Å². The van der Waals surface area contributed by atoms with Crippen LogP contribution in [-0.4, -0.2) is 53.8 Å². The van der Waals surface area contributed by atoms with Crippen molar-refractivity contribution in [2.45, 2.75) is 56.9 Å². The average molecular weight is 447 g/mol. The van der Waals surface area contributed by atoms with Crippen LogP contribution >= 0.6 is 12.2 Å². The lowest BCUT2D eigenvalue weighted by molar-refractivity contribution is -0.363. The molecule has 0 unspecified atom stereocenters. The maximum absolute atomic E-state index is 11.0. The molecule has 31 heavy (non-hydrogen) atoms. The molecule has 4 rings (SSSR count). The van der Waals surface area contributed by atoms with Gasteiger partial charge in [-0.1, -0.05) is 48.5 Å². The SMILES string of the molecule is CC(C)O[C@H]1O[C@@H]2CO[C@@H](c3ccccc3)O[C@H]2[C@H](OC(=S)Oc2ccccc2)[C@H]1O. The van der Waals surface area contributed by atoms with Gasteiger partial charge in [-0.3, -0.25) is 0 Å². The van der Waals surface area contributed by atoms with Crippen LogP contribution in [0.4, 0.5) is 0 Å². The van der Waals surface area contributed by atoms with Gasteiger partial charge in [-0.25, -0.2) is 0 Å². The lowest BCUT2D eigenvalue weighted by Crippen LogP contribution is -2.63. The maximum Gasteiger partial charge on any atom is 0.358 e. The van der Waals surface area contributed by atoms with E-state index in [1.165, 1.54) is 0 Å². The number of para-hydroxylation sites is 1. The van der Waals surface area contributed by atoms with Crippen LogP contribution in [0.5, 0.6) is 5.75 Å². The normalized spacial score (nSPS) is 30.5. The second-order valence-electron chi connectivity index (χ2n) is 7.64. The van der Waals surface area contributed by atoms with Gasteiger partial charge in [-0.05, 0) is 26.0 Å². The number of hydrogen-bond acceptors (Lipinski definition) is 8. The fourth-order valence-corrected chi connectivity index (χ4v) is 3.78. The minimum Gasteiger partial charge on any atom is -0.447 e. The third kappa shape index (κ3) is 5.41. The fourth-order valence-electron chi connectivity index (χ4n) is 3.58. The molecule has 2 aliphatic rings. The molecule has 2 fully saturated rings. The van der Waals surface area contributed by atoms with E-state index >= 15 is 0 Å². The fraction of sp³-hybridized carbons (Fsp3) is 0.435. The first-order valence-electron chi connectivity index (χ1n) is 10.3. The monoisotopic (exact) mass is 446 g/mol. The molecule has 2 saturated heterocycles. The number of thiocarbonyl (C=S) groups is 1. The number of aliphatic hydroxyl groups is 1.